The fourth-order valence-corrected chi connectivity index (χ4v) is 2.80. The number of amides is 1. The summed E-state index contributed by atoms with van der Waals surface area (Å²) in [5.74, 6) is -4.80. The summed E-state index contributed by atoms with van der Waals surface area (Å²) in [6.07, 6.45) is -6.10. The van der Waals surface area contributed by atoms with Gasteiger partial charge in [-0.3, -0.25) is 4.79 Å². The second-order valence-corrected chi connectivity index (χ2v) is 6.52. The van der Waals surface area contributed by atoms with E-state index in [2.05, 4.69) is 4.98 Å². The van der Waals surface area contributed by atoms with Crippen LogP contribution in [0.4, 0.5) is 22.0 Å². The lowest BCUT2D eigenvalue weighted by Crippen LogP contribution is -2.17. The number of alkyl halides is 3. The number of aliphatic hydroxyl groups excluding tert-OH is 1. The van der Waals surface area contributed by atoms with E-state index in [1.807, 2.05) is 0 Å². The van der Waals surface area contributed by atoms with Gasteiger partial charge >= 0.3 is 6.18 Å². The van der Waals surface area contributed by atoms with Crippen LogP contribution in [0.5, 0.6) is 5.75 Å². The number of primary amides is 1. The molecule has 1 heterocycles. The van der Waals surface area contributed by atoms with Gasteiger partial charge in [0.25, 0.3) is 5.91 Å². The topological polar surface area (TPSA) is 98.6 Å². The Bertz CT molecular complexity index is 1120. The molecule has 3 N–H and O–H groups in total. The van der Waals surface area contributed by atoms with Gasteiger partial charge in [0.2, 0.25) is 11.1 Å². The summed E-state index contributed by atoms with van der Waals surface area (Å²) < 4.78 is 75.8. The Morgan fingerprint density at radius 2 is 1.84 bits per heavy atom. The molecule has 1 aromatic heterocycles. The smallest absolute Gasteiger partial charge is 0.416 e. The minimum absolute atomic E-state index is 0.0339. The number of oxazole rings is 1. The molecular formula is C19H12ClF5N2O4. The summed E-state index contributed by atoms with van der Waals surface area (Å²) >= 11 is 5.91. The molecule has 3 aromatic rings. The Balaban J connectivity index is 1.77. The number of carbonyl (C=O) groups excluding carboxylic acids is 1. The van der Waals surface area contributed by atoms with Crippen molar-refractivity contribution in [3.63, 3.8) is 0 Å². The first-order valence-corrected chi connectivity index (χ1v) is 8.79. The van der Waals surface area contributed by atoms with Crippen LogP contribution in [-0.4, -0.2) is 22.6 Å². The van der Waals surface area contributed by atoms with E-state index >= 15 is 0 Å². The molecule has 0 fully saturated rings. The van der Waals surface area contributed by atoms with Crippen molar-refractivity contribution in [1.82, 2.24) is 4.98 Å². The number of hydrogen-bond acceptors (Lipinski definition) is 5. The number of benzene rings is 2. The molecule has 2 aromatic carbocycles. The minimum atomic E-state index is -4.52. The van der Waals surface area contributed by atoms with E-state index in [-0.39, 0.29) is 22.4 Å². The van der Waals surface area contributed by atoms with Gasteiger partial charge in [0, 0.05) is 5.56 Å². The molecule has 3 rings (SSSR count). The van der Waals surface area contributed by atoms with E-state index in [1.165, 1.54) is 0 Å². The Hall–Kier alpha value is -3.18. The third kappa shape index (κ3) is 4.78. The van der Waals surface area contributed by atoms with Gasteiger partial charge in [-0.2, -0.15) is 13.2 Å². The first kappa shape index (κ1) is 22.5. The van der Waals surface area contributed by atoms with Gasteiger partial charge in [-0.05, 0) is 35.9 Å². The van der Waals surface area contributed by atoms with Crippen LogP contribution in [0.3, 0.4) is 0 Å². The van der Waals surface area contributed by atoms with Crippen molar-refractivity contribution in [3.8, 4) is 17.0 Å². The first-order valence-electron chi connectivity index (χ1n) is 8.41. The highest BCUT2D eigenvalue weighted by Crippen LogP contribution is 2.34. The van der Waals surface area contributed by atoms with Crippen molar-refractivity contribution < 1.29 is 41.0 Å². The number of aliphatic hydroxyl groups is 1. The van der Waals surface area contributed by atoms with Crippen LogP contribution in [0, 0.1) is 11.6 Å². The Labute approximate surface area is 176 Å². The van der Waals surface area contributed by atoms with E-state index < -0.39 is 53.3 Å². The molecule has 0 aliphatic rings. The van der Waals surface area contributed by atoms with Gasteiger partial charge in [0.1, 0.15) is 23.7 Å². The van der Waals surface area contributed by atoms with Crippen molar-refractivity contribution in [2.75, 3.05) is 6.61 Å². The van der Waals surface area contributed by atoms with E-state index in [4.69, 9.17) is 26.5 Å². The van der Waals surface area contributed by atoms with Gasteiger partial charge in [0.15, 0.2) is 17.7 Å². The van der Waals surface area contributed by atoms with Crippen LogP contribution in [0.15, 0.2) is 40.8 Å². The number of nitrogens with zero attached hydrogens (tertiary/aromatic N) is 1. The average Bonchev–Trinajstić information content (AvgIpc) is 3.08. The van der Waals surface area contributed by atoms with Gasteiger partial charge in [-0.15, -0.1) is 0 Å². The monoisotopic (exact) mass is 462 g/mol. The quantitative estimate of drug-likeness (QED) is 0.525. The zero-order chi connectivity index (χ0) is 22.9. The molecular weight excluding hydrogens is 451 g/mol. The molecule has 1 unspecified atom stereocenters. The maximum Gasteiger partial charge on any atom is 0.416 e. The summed E-state index contributed by atoms with van der Waals surface area (Å²) in [5.41, 5.74) is 3.19. The number of aromatic nitrogens is 1. The molecule has 0 saturated heterocycles. The average molecular weight is 463 g/mol. The number of ether oxygens (including phenoxy) is 1. The highest BCUT2D eigenvalue weighted by molar-refractivity contribution is 6.31. The third-order valence-electron chi connectivity index (χ3n) is 4.07. The highest BCUT2D eigenvalue weighted by atomic mass is 35.5. The molecule has 0 radical (unpaired) electrons. The Morgan fingerprint density at radius 1 is 1.19 bits per heavy atom. The SMILES string of the molecule is NC(=O)c1c(F)ccc(OCC(O)c2nc(-c3ccc(C(F)(F)F)cc3)c(Cl)o2)c1F. The zero-order valence-electron chi connectivity index (χ0n) is 15.2. The first-order chi connectivity index (χ1) is 14.5. The molecule has 6 nitrogen and oxygen atoms in total. The summed E-state index contributed by atoms with van der Waals surface area (Å²) in [4.78, 5) is 15.1. The number of rotatable bonds is 6. The molecule has 164 valence electrons. The molecule has 12 heteroatoms. The van der Waals surface area contributed by atoms with Crippen molar-refractivity contribution in [2.45, 2.75) is 12.3 Å². The van der Waals surface area contributed by atoms with Gasteiger partial charge in [0.05, 0.1) is 5.56 Å². The Morgan fingerprint density at radius 3 is 2.42 bits per heavy atom. The molecule has 0 aliphatic carbocycles. The van der Waals surface area contributed by atoms with E-state index in [9.17, 15) is 31.9 Å². The molecule has 0 spiro atoms. The fraction of sp³-hybridized carbons (Fsp3) is 0.158. The highest BCUT2D eigenvalue weighted by Gasteiger charge is 2.30. The predicted octanol–water partition coefficient (Wildman–Crippen LogP) is 4.50. The largest absolute Gasteiger partial charge is 0.487 e. The lowest BCUT2D eigenvalue weighted by atomic mass is 10.1. The second kappa shape index (κ2) is 8.52. The Kier molecular flexibility index (Phi) is 6.18. The summed E-state index contributed by atoms with van der Waals surface area (Å²) in [5, 5.41) is 9.86. The van der Waals surface area contributed by atoms with Crippen molar-refractivity contribution in [1.29, 1.82) is 0 Å². The van der Waals surface area contributed by atoms with Crippen LogP contribution in [-0.2, 0) is 6.18 Å². The maximum absolute atomic E-state index is 14.2. The molecule has 0 saturated carbocycles. The van der Waals surface area contributed by atoms with Crippen molar-refractivity contribution >= 4 is 17.5 Å². The van der Waals surface area contributed by atoms with Crippen LogP contribution in [0.25, 0.3) is 11.3 Å². The van der Waals surface area contributed by atoms with Crippen LogP contribution in [0.2, 0.25) is 5.22 Å². The number of hydrogen-bond donors (Lipinski definition) is 2. The fourth-order valence-electron chi connectivity index (χ4n) is 2.57. The third-order valence-corrected chi connectivity index (χ3v) is 4.33. The molecule has 1 amide bonds. The normalized spacial score (nSPS) is 12.6. The van der Waals surface area contributed by atoms with Gasteiger partial charge in [-0.25, -0.2) is 13.8 Å². The summed E-state index contributed by atoms with van der Waals surface area (Å²) in [7, 11) is 0. The van der Waals surface area contributed by atoms with Crippen molar-refractivity contribution in [2.24, 2.45) is 5.73 Å². The van der Waals surface area contributed by atoms with Gasteiger partial charge < -0.3 is 20.0 Å². The molecule has 31 heavy (non-hydrogen) atoms. The summed E-state index contributed by atoms with van der Waals surface area (Å²) in [6.45, 7) is -0.635. The van der Waals surface area contributed by atoms with E-state index in [1.54, 1.807) is 0 Å². The van der Waals surface area contributed by atoms with Gasteiger partial charge in [-0.1, -0.05) is 12.1 Å². The van der Waals surface area contributed by atoms with E-state index in [0.717, 1.165) is 36.4 Å². The number of halogens is 6. The lowest BCUT2D eigenvalue weighted by Gasteiger charge is -2.11. The molecule has 0 bridgehead atoms. The van der Waals surface area contributed by atoms with Crippen molar-refractivity contribution in [3.05, 3.63) is 70.3 Å². The summed E-state index contributed by atoms with van der Waals surface area (Å²) in [6, 6.07) is 5.55. The number of nitrogens with two attached hydrogens (primary N) is 1. The minimum Gasteiger partial charge on any atom is -0.487 e. The second-order valence-electron chi connectivity index (χ2n) is 6.18. The van der Waals surface area contributed by atoms with E-state index in [0.29, 0.717) is 0 Å². The lowest BCUT2D eigenvalue weighted by molar-refractivity contribution is -0.137. The standard InChI is InChI=1S/C19H12ClF5N2O4/c20-16-15(8-1-3-9(4-2-8)19(23,24)25)27-18(31-16)11(28)7-30-12-6-5-10(21)13(14(12)22)17(26)29/h1-6,11,28H,7H2,(H2,26,29). The maximum atomic E-state index is 14.2. The number of carbonyl (C=O) groups is 1. The zero-order valence-corrected chi connectivity index (χ0v) is 16.0. The molecule has 1 atom stereocenters. The van der Waals surface area contributed by atoms with Crippen LogP contribution in [0.1, 0.15) is 27.9 Å². The van der Waals surface area contributed by atoms with Crippen LogP contribution >= 0.6 is 11.6 Å². The molecule has 0 aliphatic heterocycles. The van der Waals surface area contributed by atoms with Crippen LogP contribution < -0.4 is 10.5 Å². The predicted molar refractivity (Wildman–Crippen MR) is 97.3 cm³/mol.